The van der Waals surface area contributed by atoms with Crippen molar-refractivity contribution in [1.29, 1.82) is 0 Å². The number of allylic oxidation sites excluding steroid dienone is 1. The zero-order chi connectivity index (χ0) is 48.7. The number of likely N-dealkylation sites (N-methyl/N-ethyl adjacent to an activating group) is 1. The molecular weight excluding hydrogens is 845 g/mol. The Hall–Kier alpha value is -3.74. The normalized spacial score (nSPS) is 15.9. The Morgan fingerprint density at radius 3 is 2.08 bits per heavy atom. The molecule has 13 nitrogen and oxygen atoms in total. The number of carbonyl (C=O) groups excluding carboxylic acids is 4. The molecule has 1 saturated heterocycles. The number of nitrogens with one attached hydrogen (secondary N) is 1. The van der Waals surface area contributed by atoms with Gasteiger partial charge in [0.15, 0.2) is 26.3 Å². The minimum Gasteiger partial charge on any atom is -0.481 e. The number of hydrogen-bond acceptors (Lipinski definition) is 11. The van der Waals surface area contributed by atoms with Crippen LogP contribution in [0.4, 0.5) is 0 Å². The fraction of sp³-hybridized carbons (Fsp3) is 0.725. The van der Waals surface area contributed by atoms with Gasteiger partial charge >= 0.3 is 11.9 Å². The predicted octanol–water partition coefficient (Wildman–Crippen LogP) is 8.85. The number of esters is 2. The van der Waals surface area contributed by atoms with E-state index < -0.39 is 67.6 Å². The average Bonchev–Trinajstić information content (AvgIpc) is 3.69. The van der Waals surface area contributed by atoms with Crippen LogP contribution in [-0.4, -0.2) is 112 Å². The van der Waals surface area contributed by atoms with Crippen molar-refractivity contribution in [2.24, 2.45) is 5.92 Å². The molecule has 0 unspecified atom stereocenters. The van der Waals surface area contributed by atoms with Crippen molar-refractivity contribution in [1.82, 2.24) is 10.2 Å². The fourth-order valence-electron chi connectivity index (χ4n) is 7.01. The molecule has 1 aliphatic rings. The molecule has 0 bridgehead atoms. The number of amides is 2. The van der Waals surface area contributed by atoms with E-state index in [2.05, 4.69) is 57.9 Å². The maximum Gasteiger partial charge on any atom is 0.339 e. The third-order valence-corrected chi connectivity index (χ3v) is 16.6. The summed E-state index contributed by atoms with van der Waals surface area (Å²) >= 11 is 0. The summed E-state index contributed by atoms with van der Waals surface area (Å²) in [6, 6.07) is 5.66. The highest BCUT2D eigenvalue weighted by Crippen LogP contribution is 2.38. The van der Waals surface area contributed by atoms with E-state index in [4.69, 9.17) is 28.1 Å². The summed E-state index contributed by atoms with van der Waals surface area (Å²) in [4.78, 5) is 56.4. The summed E-state index contributed by atoms with van der Waals surface area (Å²) in [6.07, 6.45) is 15.0. The van der Waals surface area contributed by atoms with E-state index in [1.165, 1.54) is 30.6 Å². The van der Waals surface area contributed by atoms with Crippen LogP contribution in [-0.2, 0) is 49.0 Å². The van der Waals surface area contributed by atoms with Crippen molar-refractivity contribution in [2.45, 2.75) is 186 Å². The summed E-state index contributed by atoms with van der Waals surface area (Å²) in [5.41, 5.74) is -2.73. The zero-order valence-electron chi connectivity index (χ0n) is 42.0. The van der Waals surface area contributed by atoms with Gasteiger partial charge in [-0.2, -0.15) is 0 Å². The van der Waals surface area contributed by atoms with Crippen molar-refractivity contribution in [3.63, 3.8) is 0 Å². The maximum atomic E-state index is 14.7. The first-order valence-electron chi connectivity index (χ1n) is 23.8. The van der Waals surface area contributed by atoms with E-state index in [0.717, 1.165) is 44.9 Å². The number of ether oxygens (including phenoxy) is 5. The molecule has 1 aromatic rings. The molecule has 1 heterocycles. The van der Waals surface area contributed by atoms with Gasteiger partial charge in [0.05, 0.1) is 19.1 Å². The van der Waals surface area contributed by atoms with Crippen molar-refractivity contribution < 1.29 is 52.4 Å². The van der Waals surface area contributed by atoms with Gasteiger partial charge in [0.1, 0.15) is 24.0 Å². The van der Waals surface area contributed by atoms with Crippen LogP contribution >= 0.6 is 0 Å². The monoisotopic (exact) mass is 929 g/mol. The van der Waals surface area contributed by atoms with Crippen LogP contribution in [0.3, 0.4) is 0 Å². The summed E-state index contributed by atoms with van der Waals surface area (Å²) in [5, 5.41) is 15.2. The first kappa shape index (κ1) is 57.4. The molecule has 2 rings (SSSR count). The molecule has 0 saturated carbocycles. The average molecular weight is 929 g/mol. The van der Waals surface area contributed by atoms with Gasteiger partial charge < -0.3 is 43.4 Å². The molecule has 2 amide bonds. The smallest absolute Gasteiger partial charge is 0.339 e. The number of carbonyl (C=O) groups is 4. The lowest BCUT2D eigenvalue weighted by atomic mass is 9.82. The second-order valence-electron chi connectivity index (χ2n) is 19.9. The van der Waals surface area contributed by atoms with E-state index >= 15 is 0 Å². The van der Waals surface area contributed by atoms with Crippen molar-refractivity contribution in [3.05, 3.63) is 42.0 Å². The number of hydrogen-bond donors (Lipinski definition) is 2. The van der Waals surface area contributed by atoms with Crippen LogP contribution in [0.1, 0.15) is 144 Å². The highest BCUT2D eigenvalue weighted by molar-refractivity contribution is 6.74. The molecule has 14 heteroatoms. The quantitative estimate of drug-likeness (QED) is 0.0260. The third kappa shape index (κ3) is 20.8. The zero-order valence-corrected chi connectivity index (χ0v) is 43.0. The lowest BCUT2D eigenvalue weighted by molar-refractivity contribution is -0.185. The molecule has 65 heavy (non-hydrogen) atoms. The van der Waals surface area contributed by atoms with Crippen LogP contribution in [0.2, 0.25) is 18.1 Å². The predicted molar refractivity (Wildman–Crippen MR) is 258 cm³/mol. The number of aliphatic hydroxyl groups is 1. The standard InChI is InChI=1S/C51H84N2O11Si/c1-13-15-17-21-24-31-50(61-36-37-62-50)32-25-22-19-18-20-23-26-42(51(58,47(57)64-48(3,4)5)33-35-63-65(11,12)49(6,7)8)45(55)52-43(46(56)60-39-44(54)53(9)10)38-40-27-29-41(30-28-40)59-34-16-14-2/h23,26-30,42-43,58H,13,15,17-22,24-25,31-39H2,1-12H3,(H,52,55)/b26-23+/t42-,43+,51+/m1/s1. The van der Waals surface area contributed by atoms with Gasteiger partial charge in [0.2, 0.25) is 5.91 Å². The highest BCUT2D eigenvalue weighted by Gasteiger charge is 2.50. The molecule has 0 spiro atoms. The van der Waals surface area contributed by atoms with Gasteiger partial charge in [0, 0.05) is 46.4 Å². The largest absolute Gasteiger partial charge is 0.481 e. The van der Waals surface area contributed by atoms with E-state index in [1.54, 1.807) is 78.2 Å². The Balaban J connectivity index is 2.42. The van der Waals surface area contributed by atoms with Crippen molar-refractivity contribution in [3.8, 4) is 17.6 Å². The molecular formula is C51H84N2O11Si. The Bertz CT molecular complexity index is 1700. The van der Waals surface area contributed by atoms with Crippen LogP contribution in [0.25, 0.3) is 0 Å². The lowest BCUT2D eigenvalue weighted by Gasteiger charge is -2.38. The highest BCUT2D eigenvalue weighted by atomic mass is 28.4. The Labute approximate surface area is 392 Å². The van der Waals surface area contributed by atoms with E-state index in [0.29, 0.717) is 30.9 Å². The molecule has 3 atom stereocenters. The molecule has 368 valence electrons. The molecule has 1 fully saturated rings. The van der Waals surface area contributed by atoms with Crippen molar-refractivity contribution in [2.75, 3.05) is 47.1 Å². The number of nitrogens with zero attached hydrogens (tertiary/aromatic N) is 1. The maximum absolute atomic E-state index is 14.7. The summed E-state index contributed by atoms with van der Waals surface area (Å²) < 4.78 is 35.6. The van der Waals surface area contributed by atoms with E-state index in [1.807, 2.05) is 0 Å². The Morgan fingerprint density at radius 2 is 1.52 bits per heavy atom. The van der Waals surface area contributed by atoms with Gasteiger partial charge in [-0.1, -0.05) is 96.4 Å². The SMILES string of the molecule is CC#CCOc1ccc(C[C@H](NC(=O)[C@@H](/C=C/CCCCCCC2(CCCCCCC)OCCO2)[C@@](O)(CCO[Si](C)(C)C(C)(C)C)C(=O)OC(C)(C)C)C(=O)OCC(=O)N(C)C)cc1. The summed E-state index contributed by atoms with van der Waals surface area (Å²) in [5.74, 6) is 1.13. The van der Waals surface area contributed by atoms with Gasteiger partial charge in [-0.25, -0.2) is 9.59 Å². The third-order valence-electron chi connectivity index (χ3n) is 12.1. The molecule has 1 aromatic carbocycles. The molecule has 0 aromatic heterocycles. The number of benzene rings is 1. The van der Waals surface area contributed by atoms with Crippen LogP contribution in [0.15, 0.2) is 36.4 Å². The molecule has 2 N–H and O–H groups in total. The van der Waals surface area contributed by atoms with Crippen molar-refractivity contribution >= 4 is 32.1 Å². The number of rotatable bonds is 29. The number of unbranched alkanes of at least 4 members (excludes halogenated alkanes) is 8. The van der Waals surface area contributed by atoms with Gasteiger partial charge in [0.25, 0.3) is 5.91 Å². The molecule has 1 aliphatic heterocycles. The minimum atomic E-state index is -2.39. The van der Waals surface area contributed by atoms with Crippen LogP contribution in [0, 0.1) is 17.8 Å². The van der Waals surface area contributed by atoms with E-state index in [-0.39, 0.29) is 31.1 Å². The molecule has 0 aliphatic carbocycles. The molecule has 0 radical (unpaired) electrons. The summed E-state index contributed by atoms with van der Waals surface area (Å²) in [6.45, 7) is 20.3. The minimum absolute atomic E-state index is 0.0200. The first-order valence-corrected chi connectivity index (χ1v) is 26.7. The van der Waals surface area contributed by atoms with Gasteiger partial charge in [-0.15, -0.1) is 5.92 Å². The Kier molecular flexibility index (Phi) is 24.5. The van der Waals surface area contributed by atoms with Crippen LogP contribution < -0.4 is 10.1 Å². The Morgan fingerprint density at radius 1 is 0.923 bits per heavy atom. The van der Waals surface area contributed by atoms with Gasteiger partial charge in [-0.05, 0) is 89.2 Å². The lowest BCUT2D eigenvalue weighted by Crippen LogP contribution is -2.57. The van der Waals surface area contributed by atoms with E-state index in [9.17, 15) is 24.3 Å². The second kappa shape index (κ2) is 27.8. The topological polar surface area (TPSA) is 159 Å². The van der Waals surface area contributed by atoms with Crippen LogP contribution in [0.5, 0.6) is 5.75 Å². The second-order valence-corrected chi connectivity index (χ2v) is 24.7. The van der Waals surface area contributed by atoms with Gasteiger partial charge in [-0.3, -0.25) is 9.59 Å². The fourth-order valence-corrected chi connectivity index (χ4v) is 8.06. The summed E-state index contributed by atoms with van der Waals surface area (Å²) in [7, 11) is 0.734. The first-order chi connectivity index (χ1) is 30.5.